The summed E-state index contributed by atoms with van der Waals surface area (Å²) in [4.78, 5) is 12.5. The van der Waals surface area contributed by atoms with Crippen LogP contribution in [0.1, 0.15) is 22.2 Å². The van der Waals surface area contributed by atoms with E-state index in [1.807, 2.05) is 36.4 Å². The number of hydrogen-bond donors (Lipinski definition) is 2. The second-order valence-corrected chi connectivity index (χ2v) is 4.75. The zero-order valence-corrected chi connectivity index (χ0v) is 11.3. The topological polar surface area (TPSA) is 62.5 Å². The third-order valence-corrected chi connectivity index (χ3v) is 3.41. The monoisotopic (exact) mass is 281 g/mol. The standard InChI is InChI=1S/C17H15NO3/c19-11-15(16-9-4-10-21-16)18-17(20)14-8-3-6-12-5-1-2-7-13(12)14/h1-10,15,19H,11H2,(H,18,20). The summed E-state index contributed by atoms with van der Waals surface area (Å²) in [6.45, 7) is -0.218. The predicted molar refractivity (Wildman–Crippen MR) is 79.9 cm³/mol. The Hall–Kier alpha value is -2.59. The Kier molecular flexibility index (Phi) is 3.71. The second-order valence-electron chi connectivity index (χ2n) is 4.75. The number of benzene rings is 2. The van der Waals surface area contributed by atoms with E-state index in [1.165, 1.54) is 6.26 Å². The van der Waals surface area contributed by atoms with Crippen LogP contribution in [0.4, 0.5) is 0 Å². The molecule has 1 unspecified atom stereocenters. The molecule has 0 radical (unpaired) electrons. The number of aliphatic hydroxyl groups excluding tert-OH is 1. The van der Waals surface area contributed by atoms with Crippen LogP contribution in [0.5, 0.6) is 0 Å². The van der Waals surface area contributed by atoms with E-state index in [-0.39, 0.29) is 12.5 Å². The van der Waals surface area contributed by atoms with Crippen LogP contribution in [0, 0.1) is 0 Å². The van der Waals surface area contributed by atoms with Crippen LogP contribution in [0.2, 0.25) is 0 Å². The van der Waals surface area contributed by atoms with E-state index in [0.29, 0.717) is 11.3 Å². The van der Waals surface area contributed by atoms with Crippen molar-refractivity contribution >= 4 is 16.7 Å². The highest BCUT2D eigenvalue weighted by Crippen LogP contribution is 2.20. The molecular weight excluding hydrogens is 266 g/mol. The Bertz CT molecular complexity index is 744. The average molecular weight is 281 g/mol. The summed E-state index contributed by atoms with van der Waals surface area (Å²) in [5.41, 5.74) is 0.582. The molecule has 3 aromatic rings. The molecule has 0 aliphatic heterocycles. The number of aliphatic hydroxyl groups is 1. The molecule has 1 aromatic heterocycles. The first-order valence-electron chi connectivity index (χ1n) is 6.72. The van der Waals surface area contributed by atoms with Crippen LogP contribution in [0.25, 0.3) is 10.8 Å². The van der Waals surface area contributed by atoms with E-state index in [4.69, 9.17) is 4.42 Å². The molecule has 0 fully saturated rings. The molecule has 0 saturated carbocycles. The summed E-state index contributed by atoms with van der Waals surface area (Å²) in [7, 11) is 0. The van der Waals surface area contributed by atoms with E-state index in [2.05, 4.69) is 5.32 Å². The lowest BCUT2D eigenvalue weighted by molar-refractivity contribution is 0.0909. The van der Waals surface area contributed by atoms with Gasteiger partial charge in [-0.25, -0.2) is 0 Å². The molecule has 1 amide bonds. The molecule has 4 nitrogen and oxygen atoms in total. The van der Waals surface area contributed by atoms with Gasteiger partial charge in [0, 0.05) is 5.56 Å². The van der Waals surface area contributed by atoms with E-state index in [0.717, 1.165) is 10.8 Å². The molecule has 3 rings (SSSR count). The van der Waals surface area contributed by atoms with Gasteiger partial charge in [0.15, 0.2) is 0 Å². The fourth-order valence-electron chi connectivity index (χ4n) is 2.36. The Morgan fingerprint density at radius 2 is 1.90 bits per heavy atom. The number of furan rings is 1. The zero-order valence-electron chi connectivity index (χ0n) is 11.3. The number of nitrogens with one attached hydrogen (secondary N) is 1. The zero-order chi connectivity index (χ0) is 14.7. The maximum atomic E-state index is 12.5. The normalized spacial score (nSPS) is 12.2. The lowest BCUT2D eigenvalue weighted by Gasteiger charge is -2.15. The van der Waals surface area contributed by atoms with Crippen LogP contribution >= 0.6 is 0 Å². The summed E-state index contributed by atoms with van der Waals surface area (Å²) in [5, 5.41) is 14.1. The SMILES string of the molecule is O=C(NC(CO)c1ccco1)c1cccc2ccccc12. The van der Waals surface area contributed by atoms with Crippen LogP contribution in [0.15, 0.2) is 65.3 Å². The van der Waals surface area contributed by atoms with Crippen molar-refractivity contribution in [2.45, 2.75) is 6.04 Å². The summed E-state index contributed by atoms with van der Waals surface area (Å²) >= 11 is 0. The van der Waals surface area contributed by atoms with Crippen LogP contribution < -0.4 is 5.32 Å². The van der Waals surface area contributed by atoms with Crippen molar-refractivity contribution in [1.29, 1.82) is 0 Å². The van der Waals surface area contributed by atoms with E-state index in [9.17, 15) is 9.90 Å². The van der Waals surface area contributed by atoms with E-state index < -0.39 is 6.04 Å². The summed E-state index contributed by atoms with van der Waals surface area (Å²) in [6.07, 6.45) is 1.52. The largest absolute Gasteiger partial charge is 0.467 e. The van der Waals surface area contributed by atoms with Gasteiger partial charge in [-0.3, -0.25) is 4.79 Å². The number of rotatable bonds is 4. The van der Waals surface area contributed by atoms with Crippen LogP contribution in [0.3, 0.4) is 0 Å². The van der Waals surface area contributed by atoms with E-state index >= 15 is 0 Å². The molecule has 4 heteroatoms. The van der Waals surface area contributed by atoms with Gasteiger partial charge in [-0.15, -0.1) is 0 Å². The summed E-state index contributed by atoms with van der Waals surface area (Å²) < 4.78 is 5.24. The number of carbonyl (C=O) groups excluding carboxylic acids is 1. The molecule has 0 aliphatic rings. The highest BCUT2D eigenvalue weighted by molar-refractivity contribution is 6.07. The van der Waals surface area contributed by atoms with Crippen molar-refractivity contribution in [2.24, 2.45) is 0 Å². The van der Waals surface area contributed by atoms with Crippen molar-refractivity contribution in [3.05, 3.63) is 72.2 Å². The van der Waals surface area contributed by atoms with Gasteiger partial charge < -0.3 is 14.8 Å². The van der Waals surface area contributed by atoms with Crippen LogP contribution in [-0.2, 0) is 0 Å². The molecule has 106 valence electrons. The maximum absolute atomic E-state index is 12.5. The summed E-state index contributed by atoms with van der Waals surface area (Å²) in [6, 6.07) is 16.2. The van der Waals surface area contributed by atoms with Gasteiger partial charge in [-0.05, 0) is 29.0 Å². The lowest BCUT2D eigenvalue weighted by Crippen LogP contribution is -2.30. The minimum absolute atomic E-state index is 0.218. The second kappa shape index (κ2) is 5.81. The predicted octanol–water partition coefficient (Wildman–Crippen LogP) is 2.90. The molecule has 0 bridgehead atoms. The van der Waals surface area contributed by atoms with Gasteiger partial charge in [0.2, 0.25) is 0 Å². The van der Waals surface area contributed by atoms with Crippen molar-refractivity contribution in [3.63, 3.8) is 0 Å². The van der Waals surface area contributed by atoms with Gasteiger partial charge in [0.25, 0.3) is 5.91 Å². The molecule has 21 heavy (non-hydrogen) atoms. The van der Waals surface area contributed by atoms with Crippen LogP contribution in [-0.4, -0.2) is 17.6 Å². The Labute approximate surface area is 122 Å². The quantitative estimate of drug-likeness (QED) is 0.773. The molecule has 2 aromatic carbocycles. The third kappa shape index (κ3) is 2.66. The molecule has 1 heterocycles. The number of hydrogen-bond acceptors (Lipinski definition) is 3. The number of amides is 1. The van der Waals surface area contributed by atoms with Gasteiger partial charge in [-0.1, -0.05) is 36.4 Å². The first-order chi connectivity index (χ1) is 10.3. The first-order valence-corrected chi connectivity index (χ1v) is 6.72. The van der Waals surface area contributed by atoms with Crippen molar-refractivity contribution in [3.8, 4) is 0 Å². The van der Waals surface area contributed by atoms with Crippen molar-refractivity contribution in [1.82, 2.24) is 5.32 Å². The number of fused-ring (bicyclic) bond motifs is 1. The molecule has 0 spiro atoms. The first kappa shape index (κ1) is 13.4. The highest BCUT2D eigenvalue weighted by atomic mass is 16.3. The highest BCUT2D eigenvalue weighted by Gasteiger charge is 2.18. The van der Waals surface area contributed by atoms with Crippen molar-refractivity contribution in [2.75, 3.05) is 6.61 Å². The Morgan fingerprint density at radius 3 is 2.67 bits per heavy atom. The maximum Gasteiger partial charge on any atom is 0.252 e. The fraction of sp³-hybridized carbons (Fsp3) is 0.118. The number of carbonyl (C=O) groups is 1. The van der Waals surface area contributed by atoms with Gasteiger partial charge in [0.05, 0.1) is 12.9 Å². The van der Waals surface area contributed by atoms with Gasteiger partial charge in [0.1, 0.15) is 11.8 Å². The Morgan fingerprint density at radius 1 is 1.10 bits per heavy atom. The Balaban J connectivity index is 1.90. The minimum atomic E-state index is -0.550. The summed E-state index contributed by atoms with van der Waals surface area (Å²) in [5.74, 6) is 0.299. The molecule has 1 atom stereocenters. The molecule has 0 saturated heterocycles. The van der Waals surface area contributed by atoms with Gasteiger partial charge in [-0.2, -0.15) is 0 Å². The van der Waals surface area contributed by atoms with Crippen molar-refractivity contribution < 1.29 is 14.3 Å². The average Bonchev–Trinajstić information content (AvgIpc) is 3.06. The smallest absolute Gasteiger partial charge is 0.252 e. The molecule has 2 N–H and O–H groups in total. The van der Waals surface area contributed by atoms with Gasteiger partial charge >= 0.3 is 0 Å². The molecule has 0 aliphatic carbocycles. The third-order valence-electron chi connectivity index (χ3n) is 3.41. The molecular formula is C17H15NO3. The minimum Gasteiger partial charge on any atom is -0.467 e. The lowest BCUT2D eigenvalue weighted by atomic mass is 10.0. The van der Waals surface area contributed by atoms with E-state index in [1.54, 1.807) is 18.2 Å². The fourth-order valence-corrected chi connectivity index (χ4v) is 2.36.